The summed E-state index contributed by atoms with van der Waals surface area (Å²) in [5.74, 6) is -2.94. The molecule has 0 spiro atoms. The molecule has 0 aliphatic heterocycles. The second kappa shape index (κ2) is 7.08. The molecular formula is C12H13F2NO3S. The van der Waals surface area contributed by atoms with Gasteiger partial charge in [-0.1, -0.05) is 6.07 Å². The monoisotopic (exact) mass is 289 g/mol. The first-order valence-corrected chi connectivity index (χ1v) is 6.57. The lowest BCUT2D eigenvalue weighted by Gasteiger charge is -2.12. The van der Waals surface area contributed by atoms with Crippen molar-refractivity contribution in [3.05, 3.63) is 35.4 Å². The van der Waals surface area contributed by atoms with Crippen molar-refractivity contribution in [2.45, 2.75) is 18.7 Å². The predicted molar refractivity (Wildman–Crippen MR) is 67.8 cm³/mol. The van der Waals surface area contributed by atoms with Crippen molar-refractivity contribution in [3.8, 4) is 0 Å². The van der Waals surface area contributed by atoms with E-state index in [9.17, 15) is 18.4 Å². The van der Waals surface area contributed by atoms with Crippen molar-refractivity contribution in [1.29, 1.82) is 0 Å². The van der Waals surface area contributed by atoms with Gasteiger partial charge in [-0.15, -0.1) is 0 Å². The van der Waals surface area contributed by atoms with Gasteiger partial charge in [-0.2, -0.15) is 11.8 Å². The molecule has 0 aliphatic rings. The van der Waals surface area contributed by atoms with Crippen molar-refractivity contribution < 1.29 is 23.5 Å². The third-order valence-corrected chi connectivity index (χ3v) is 3.32. The molecule has 7 heteroatoms. The molecule has 0 unspecified atom stereocenters. The number of carboxylic acids is 1. The molecule has 0 radical (unpaired) electrons. The van der Waals surface area contributed by atoms with Gasteiger partial charge in [0.05, 0.1) is 0 Å². The highest BCUT2D eigenvalue weighted by Crippen LogP contribution is 2.16. The Morgan fingerprint density at radius 3 is 2.58 bits per heavy atom. The van der Waals surface area contributed by atoms with E-state index >= 15 is 0 Å². The molecule has 0 heterocycles. The van der Waals surface area contributed by atoms with Crippen LogP contribution in [0.5, 0.6) is 0 Å². The van der Waals surface area contributed by atoms with Crippen LogP contribution in [0.2, 0.25) is 0 Å². The Bertz CT molecular complexity index is 482. The van der Waals surface area contributed by atoms with E-state index in [4.69, 9.17) is 5.11 Å². The Morgan fingerprint density at radius 2 is 2.05 bits per heavy atom. The number of amides is 1. The first kappa shape index (κ1) is 15.4. The molecule has 0 aromatic heterocycles. The zero-order valence-electron chi connectivity index (χ0n) is 10.2. The minimum Gasteiger partial charge on any atom is -0.480 e. The van der Waals surface area contributed by atoms with Crippen LogP contribution in [0.25, 0.3) is 0 Å². The number of hydrogen-bond donors (Lipinski definition) is 2. The Kier molecular flexibility index (Phi) is 5.75. The molecule has 1 rings (SSSR count). The summed E-state index contributed by atoms with van der Waals surface area (Å²) in [6.07, 6.45) is 0. The summed E-state index contributed by atoms with van der Waals surface area (Å²) in [5, 5.41) is 11.2. The SMILES string of the molecule is CC(=O)N[C@@H](CSCc1ccc(F)c(F)c1)C(=O)O. The maximum atomic E-state index is 12.9. The Labute approximate surface area is 113 Å². The van der Waals surface area contributed by atoms with Gasteiger partial charge < -0.3 is 10.4 Å². The van der Waals surface area contributed by atoms with E-state index < -0.39 is 29.6 Å². The van der Waals surface area contributed by atoms with Gasteiger partial charge >= 0.3 is 5.97 Å². The van der Waals surface area contributed by atoms with Crippen LogP contribution in [0.4, 0.5) is 8.78 Å². The van der Waals surface area contributed by atoms with E-state index in [2.05, 4.69) is 5.32 Å². The standard InChI is InChI=1S/C12H13F2NO3S/c1-7(16)15-11(12(17)18)6-19-5-8-2-3-9(13)10(14)4-8/h2-4,11H,5-6H2,1H3,(H,15,16)(H,17,18)/t11-/m0/s1. The second-order valence-electron chi connectivity index (χ2n) is 3.85. The first-order chi connectivity index (χ1) is 8.90. The highest BCUT2D eigenvalue weighted by Gasteiger charge is 2.18. The number of carbonyl (C=O) groups is 2. The molecule has 0 fully saturated rings. The molecule has 2 N–H and O–H groups in total. The lowest BCUT2D eigenvalue weighted by molar-refractivity contribution is -0.140. The van der Waals surface area contributed by atoms with Crippen LogP contribution in [-0.4, -0.2) is 28.8 Å². The number of rotatable bonds is 6. The largest absolute Gasteiger partial charge is 0.480 e. The predicted octanol–water partition coefficient (Wildman–Crippen LogP) is 1.79. The molecule has 19 heavy (non-hydrogen) atoms. The summed E-state index contributed by atoms with van der Waals surface area (Å²) in [4.78, 5) is 21.6. The number of benzene rings is 1. The molecule has 104 valence electrons. The summed E-state index contributed by atoms with van der Waals surface area (Å²) in [7, 11) is 0. The Balaban J connectivity index is 2.49. The maximum absolute atomic E-state index is 12.9. The van der Waals surface area contributed by atoms with Crippen molar-refractivity contribution in [2.75, 3.05) is 5.75 Å². The number of carboxylic acid groups (broad SMARTS) is 1. The minimum absolute atomic E-state index is 0.147. The number of aliphatic carboxylic acids is 1. The molecule has 1 amide bonds. The average molecular weight is 289 g/mol. The summed E-state index contributed by atoms with van der Waals surface area (Å²) in [5.41, 5.74) is 0.552. The third kappa shape index (κ3) is 5.25. The van der Waals surface area contributed by atoms with Crippen molar-refractivity contribution in [1.82, 2.24) is 5.32 Å². The van der Waals surface area contributed by atoms with Gasteiger partial charge in [0.1, 0.15) is 6.04 Å². The van der Waals surface area contributed by atoms with Gasteiger partial charge in [0, 0.05) is 18.4 Å². The van der Waals surface area contributed by atoms with Crippen LogP contribution in [0.1, 0.15) is 12.5 Å². The fourth-order valence-electron chi connectivity index (χ4n) is 1.34. The zero-order valence-corrected chi connectivity index (χ0v) is 11.0. The molecule has 0 saturated carbocycles. The quantitative estimate of drug-likeness (QED) is 0.838. The van der Waals surface area contributed by atoms with Crippen molar-refractivity contribution >= 4 is 23.6 Å². The van der Waals surface area contributed by atoms with Crippen molar-refractivity contribution in [3.63, 3.8) is 0 Å². The Morgan fingerprint density at radius 1 is 1.37 bits per heavy atom. The maximum Gasteiger partial charge on any atom is 0.327 e. The van der Waals surface area contributed by atoms with E-state index in [0.29, 0.717) is 11.3 Å². The minimum atomic E-state index is -1.13. The smallest absolute Gasteiger partial charge is 0.327 e. The van der Waals surface area contributed by atoms with E-state index in [1.54, 1.807) is 0 Å². The summed E-state index contributed by atoms with van der Waals surface area (Å²) in [6, 6.07) is 2.52. The number of carbonyl (C=O) groups excluding carboxylic acids is 1. The fraction of sp³-hybridized carbons (Fsp3) is 0.333. The molecule has 1 aromatic rings. The third-order valence-electron chi connectivity index (χ3n) is 2.21. The number of halogens is 2. The van der Waals surface area contributed by atoms with Gasteiger partial charge in [0.15, 0.2) is 11.6 Å². The molecule has 0 saturated heterocycles. The lowest BCUT2D eigenvalue weighted by atomic mass is 10.2. The highest BCUT2D eigenvalue weighted by molar-refractivity contribution is 7.98. The Hall–Kier alpha value is -1.63. The molecule has 0 aliphatic carbocycles. The van der Waals surface area contributed by atoms with Gasteiger partial charge in [-0.3, -0.25) is 4.79 Å². The number of nitrogens with one attached hydrogen (secondary N) is 1. The van der Waals surface area contributed by atoms with Gasteiger partial charge in [-0.05, 0) is 17.7 Å². The van der Waals surface area contributed by atoms with Crippen LogP contribution < -0.4 is 5.32 Å². The molecular weight excluding hydrogens is 276 g/mol. The lowest BCUT2D eigenvalue weighted by Crippen LogP contribution is -2.41. The molecule has 4 nitrogen and oxygen atoms in total. The van der Waals surface area contributed by atoms with Crippen LogP contribution in [0.15, 0.2) is 18.2 Å². The second-order valence-corrected chi connectivity index (χ2v) is 4.89. The van der Waals surface area contributed by atoms with Crippen LogP contribution in [0.3, 0.4) is 0 Å². The normalized spacial score (nSPS) is 11.9. The van der Waals surface area contributed by atoms with E-state index in [-0.39, 0.29) is 5.75 Å². The topological polar surface area (TPSA) is 66.4 Å². The number of hydrogen-bond acceptors (Lipinski definition) is 3. The van der Waals surface area contributed by atoms with Crippen LogP contribution in [0, 0.1) is 11.6 Å². The van der Waals surface area contributed by atoms with Gasteiger partial charge in [0.2, 0.25) is 5.91 Å². The zero-order chi connectivity index (χ0) is 14.4. The van der Waals surface area contributed by atoms with E-state index in [1.165, 1.54) is 24.8 Å². The van der Waals surface area contributed by atoms with Crippen LogP contribution >= 0.6 is 11.8 Å². The number of thioether (sulfide) groups is 1. The summed E-state index contributed by atoms with van der Waals surface area (Å²) in [6.45, 7) is 1.23. The summed E-state index contributed by atoms with van der Waals surface area (Å²) >= 11 is 1.21. The van der Waals surface area contributed by atoms with E-state index in [1.807, 2.05) is 0 Å². The summed E-state index contributed by atoms with van der Waals surface area (Å²) < 4.78 is 25.6. The first-order valence-electron chi connectivity index (χ1n) is 5.41. The van der Waals surface area contributed by atoms with Crippen LogP contribution in [-0.2, 0) is 15.3 Å². The molecule has 0 bridgehead atoms. The van der Waals surface area contributed by atoms with Crippen molar-refractivity contribution in [2.24, 2.45) is 0 Å². The van der Waals surface area contributed by atoms with Gasteiger partial charge in [0.25, 0.3) is 0 Å². The molecule has 1 atom stereocenters. The average Bonchev–Trinajstić information content (AvgIpc) is 2.31. The van der Waals surface area contributed by atoms with E-state index in [0.717, 1.165) is 12.1 Å². The van der Waals surface area contributed by atoms with Gasteiger partial charge in [-0.25, -0.2) is 13.6 Å². The fourth-order valence-corrected chi connectivity index (χ4v) is 2.34. The highest BCUT2D eigenvalue weighted by atomic mass is 32.2. The molecule has 1 aromatic carbocycles.